The molecule has 0 radical (unpaired) electrons. The zero-order chi connectivity index (χ0) is 23.0. The van der Waals surface area contributed by atoms with Gasteiger partial charge in [0, 0.05) is 22.6 Å². The molecule has 5 nitrogen and oxygen atoms in total. The molecule has 1 N–H and O–H groups in total. The summed E-state index contributed by atoms with van der Waals surface area (Å²) in [5.41, 5.74) is 0.870. The molecule has 0 aromatic heterocycles. The van der Waals surface area contributed by atoms with E-state index >= 15 is 0 Å². The van der Waals surface area contributed by atoms with Gasteiger partial charge in [-0.15, -0.1) is 0 Å². The molecule has 0 aliphatic carbocycles. The summed E-state index contributed by atoms with van der Waals surface area (Å²) in [6.07, 6.45) is 0.475. The van der Waals surface area contributed by atoms with Crippen LogP contribution in [0.1, 0.15) is 32.8 Å². The topological polar surface area (TPSA) is 58.6 Å². The van der Waals surface area contributed by atoms with Crippen molar-refractivity contribution < 1.29 is 14.3 Å². The lowest BCUT2D eigenvalue weighted by Gasteiger charge is -2.31. The molecule has 2 aromatic rings. The molecule has 0 fully saturated rings. The Hall–Kier alpha value is -1.76. The monoisotopic (exact) mass is 528 g/mol. The summed E-state index contributed by atoms with van der Waals surface area (Å²) < 4.78 is 6.48. The van der Waals surface area contributed by atoms with Crippen LogP contribution in [0, 0.1) is 5.92 Å². The van der Waals surface area contributed by atoms with Crippen LogP contribution in [0.3, 0.4) is 0 Å². The van der Waals surface area contributed by atoms with Crippen molar-refractivity contribution >= 4 is 50.9 Å². The molecule has 1 atom stereocenters. The number of carbonyl (C=O) groups is 2. The molecule has 0 aliphatic heterocycles. The summed E-state index contributed by atoms with van der Waals surface area (Å²) >= 11 is 15.5. The van der Waals surface area contributed by atoms with Crippen molar-refractivity contribution in [2.75, 3.05) is 13.2 Å². The van der Waals surface area contributed by atoms with Crippen LogP contribution in [0.5, 0.6) is 5.75 Å². The van der Waals surface area contributed by atoms with Crippen LogP contribution in [0.2, 0.25) is 10.0 Å². The summed E-state index contributed by atoms with van der Waals surface area (Å²) in [7, 11) is 0. The molecule has 31 heavy (non-hydrogen) atoms. The van der Waals surface area contributed by atoms with Crippen molar-refractivity contribution in [1.82, 2.24) is 10.2 Å². The van der Waals surface area contributed by atoms with Gasteiger partial charge in [0.1, 0.15) is 11.8 Å². The second-order valence-corrected chi connectivity index (χ2v) is 9.33. The van der Waals surface area contributed by atoms with Crippen molar-refractivity contribution in [3.8, 4) is 5.75 Å². The minimum Gasteiger partial charge on any atom is -0.482 e. The van der Waals surface area contributed by atoms with Crippen LogP contribution < -0.4 is 10.1 Å². The fraction of sp³-hybridized carbons (Fsp3) is 0.391. The van der Waals surface area contributed by atoms with Crippen molar-refractivity contribution in [2.24, 2.45) is 5.92 Å². The van der Waals surface area contributed by atoms with Gasteiger partial charge >= 0.3 is 0 Å². The van der Waals surface area contributed by atoms with E-state index in [-0.39, 0.29) is 25.0 Å². The highest BCUT2D eigenvalue weighted by Crippen LogP contribution is 2.28. The minimum atomic E-state index is -0.620. The number of halogens is 3. The van der Waals surface area contributed by atoms with Crippen LogP contribution in [0.4, 0.5) is 0 Å². The first-order chi connectivity index (χ1) is 14.7. The van der Waals surface area contributed by atoms with Crippen LogP contribution >= 0.6 is 39.1 Å². The standard InChI is InChI=1S/C23H27BrCl2N2O3/c1-4-20(23(30)27-12-15(2)3)28(13-16-5-8-18(25)9-6-16)22(29)14-31-21-10-7-17(24)11-19(21)26/h5-11,15,20H,4,12-14H2,1-3H3,(H,27,30)/t20-/m1/s1. The number of nitrogens with zero attached hydrogens (tertiary/aromatic N) is 1. The van der Waals surface area contributed by atoms with E-state index < -0.39 is 6.04 Å². The van der Waals surface area contributed by atoms with Gasteiger partial charge in [-0.25, -0.2) is 0 Å². The van der Waals surface area contributed by atoms with E-state index in [4.69, 9.17) is 27.9 Å². The second kappa shape index (κ2) is 12.3. The number of hydrogen-bond donors (Lipinski definition) is 1. The molecule has 0 heterocycles. The summed E-state index contributed by atoms with van der Waals surface area (Å²) in [6.45, 7) is 6.50. The van der Waals surface area contributed by atoms with Gasteiger partial charge in [0.25, 0.3) is 5.91 Å². The molecule has 2 amide bonds. The maximum absolute atomic E-state index is 13.2. The summed E-state index contributed by atoms with van der Waals surface area (Å²) in [6, 6.07) is 11.8. The lowest BCUT2D eigenvalue weighted by molar-refractivity contribution is -0.143. The predicted molar refractivity (Wildman–Crippen MR) is 129 cm³/mol. The Morgan fingerprint density at radius 2 is 1.81 bits per heavy atom. The third kappa shape index (κ3) is 8.02. The van der Waals surface area contributed by atoms with Crippen LogP contribution in [-0.4, -0.2) is 35.9 Å². The molecule has 0 spiro atoms. The molecule has 2 rings (SSSR count). The SMILES string of the molecule is CC[C@H](C(=O)NCC(C)C)N(Cc1ccc(Cl)cc1)C(=O)COc1ccc(Br)cc1Cl. The van der Waals surface area contributed by atoms with E-state index in [0.29, 0.717) is 34.7 Å². The Kier molecular flexibility index (Phi) is 10.1. The highest BCUT2D eigenvalue weighted by molar-refractivity contribution is 9.10. The smallest absolute Gasteiger partial charge is 0.261 e. The Morgan fingerprint density at radius 1 is 1.13 bits per heavy atom. The van der Waals surface area contributed by atoms with Crippen molar-refractivity contribution in [3.63, 3.8) is 0 Å². The second-order valence-electron chi connectivity index (χ2n) is 7.57. The molecular weight excluding hydrogens is 503 g/mol. The van der Waals surface area contributed by atoms with Gasteiger partial charge in [0.05, 0.1) is 5.02 Å². The average molecular weight is 530 g/mol. The predicted octanol–water partition coefficient (Wildman–Crippen LogP) is 5.71. The molecule has 2 aromatic carbocycles. The van der Waals surface area contributed by atoms with E-state index in [2.05, 4.69) is 21.2 Å². The Morgan fingerprint density at radius 3 is 2.39 bits per heavy atom. The highest BCUT2D eigenvalue weighted by Gasteiger charge is 2.29. The highest BCUT2D eigenvalue weighted by atomic mass is 79.9. The van der Waals surface area contributed by atoms with Gasteiger partial charge in [-0.2, -0.15) is 0 Å². The maximum Gasteiger partial charge on any atom is 0.261 e. The number of rotatable bonds is 10. The quantitative estimate of drug-likeness (QED) is 0.428. The Bertz CT molecular complexity index is 891. The first-order valence-corrected chi connectivity index (χ1v) is 11.7. The van der Waals surface area contributed by atoms with Gasteiger partial charge in [0.15, 0.2) is 6.61 Å². The summed E-state index contributed by atoms with van der Waals surface area (Å²) in [5, 5.41) is 3.94. The minimum absolute atomic E-state index is 0.180. The summed E-state index contributed by atoms with van der Waals surface area (Å²) in [4.78, 5) is 27.5. The number of benzene rings is 2. The van der Waals surface area contributed by atoms with E-state index in [9.17, 15) is 9.59 Å². The Labute approximate surface area is 202 Å². The number of amides is 2. The van der Waals surface area contributed by atoms with Gasteiger partial charge in [-0.05, 0) is 48.2 Å². The zero-order valence-electron chi connectivity index (χ0n) is 17.8. The van der Waals surface area contributed by atoms with Crippen molar-refractivity contribution in [1.29, 1.82) is 0 Å². The number of ether oxygens (including phenoxy) is 1. The third-order valence-corrected chi connectivity index (χ3v) is 5.62. The van der Waals surface area contributed by atoms with Crippen molar-refractivity contribution in [3.05, 3.63) is 62.5 Å². The van der Waals surface area contributed by atoms with Gasteiger partial charge in [-0.3, -0.25) is 9.59 Å². The molecule has 0 aliphatic rings. The normalized spacial score (nSPS) is 11.8. The van der Waals surface area contributed by atoms with Crippen LogP contribution in [-0.2, 0) is 16.1 Å². The van der Waals surface area contributed by atoms with E-state index in [1.165, 1.54) is 0 Å². The first-order valence-electron chi connectivity index (χ1n) is 10.1. The largest absolute Gasteiger partial charge is 0.482 e. The maximum atomic E-state index is 13.2. The fourth-order valence-corrected chi connectivity index (χ4v) is 3.80. The number of carbonyl (C=O) groups excluding carboxylic acids is 2. The molecule has 168 valence electrons. The number of nitrogens with one attached hydrogen (secondary N) is 1. The Balaban J connectivity index is 2.20. The fourth-order valence-electron chi connectivity index (χ4n) is 2.94. The molecule has 0 bridgehead atoms. The molecule has 8 heteroatoms. The summed E-state index contributed by atoms with van der Waals surface area (Å²) in [5.74, 6) is 0.229. The lowest BCUT2D eigenvalue weighted by atomic mass is 10.1. The molecule has 0 unspecified atom stereocenters. The lowest BCUT2D eigenvalue weighted by Crippen LogP contribution is -2.50. The van der Waals surface area contributed by atoms with Crippen LogP contribution in [0.25, 0.3) is 0 Å². The molecule has 0 saturated heterocycles. The average Bonchev–Trinajstić information content (AvgIpc) is 2.72. The number of hydrogen-bond acceptors (Lipinski definition) is 3. The van der Waals surface area contributed by atoms with Gasteiger partial charge in [-0.1, -0.05) is 72.0 Å². The third-order valence-electron chi connectivity index (χ3n) is 4.58. The van der Waals surface area contributed by atoms with E-state index in [0.717, 1.165) is 10.0 Å². The zero-order valence-corrected chi connectivity index (χ0v) is 20.9. The first kappa shape index (κ1) is 25.5. The van der Waals surface area contributed by atoms with Gasteiger partial charge in [0.2, 0.25) is 5.91 Å². The van der Waals surface area contributed by atoms with Crippen LogP contribution in [0.15, 0.2) is 46.9 Å². The van der Waals surface area contributed by atoms with Gasteiger partial charge < -0.3 is 15.0 Å². The molecular formula is C23H27BrCl2N2O3. The van der Waals surface area contributed by atoms with E-state index in [1.807, 2.05) is 32.9 Å². The van der Waals surface area contributed by atoms with Crippen molar-refractivity contribution in [2.45, 2.75) is 39.8 Å². The molecule has 0 saturated carbocycles. The van der Waals surface area contributed by atoms with E-state index in [1.54, 1.807) is 35.2 Å².